The molecule has 0 amide bonds. The van der Waals surface area contributed by atoms with E-state index in [0.717, 1.165) is 5.76 Å². The Morgan fingerprint density at radius 2 is 1.92 bits per heavy atom. The highest BCUT2D eigenvalue weighted by Crippen LogP contribution is 2.41. The number of ether oxygens (including phenoxy) is 3. The molecule has 2 heterocycles. The van der Waals surface area contributed by atoms with Crippen molar-refractivity contribution in [1.29, 1.82) is 0 Å². The van der Waals surface area contributed by atoms with Crippen molar-refractivity contribution in [3.63, 3.8) is 0 Å². The summed E-state index contributed by atoms with van der Waals surface area (Å²) in [5, 5.41) is 0.159. The molecule has 0 aromatic carbocycles. The Labute approximate surface area is 154 Å². The molecule has 0 bridgehead atoms. The molecule has 2 aliphatic heterocycles. The predicted octanol–water partition coefficient (Wildman–Crippen LogP) is 5.02. The van der Waals surface area contributed by atoms with Gasteiger partial charge in [-0.05, 0) is 45.0 Å². The van der Waals surface area contributed by atoms with Crippen LogP contribution in [0.25, 0.3) is 0 Å². The van der Waals surface area contributed by atoms with Gasteiger partial charge >= 0.3 is 0 Å². The Balaban J connectivity index is 2.27. The minimum absolute atomic E-state index is 0.00733. The van der Waals surface area contributed by atoms with E-state index in [1.54, 1.807) is 0 Å². The quantitative estimate of drug-likeness (QED) is 0.515. The second-order valence-corrected chi connectivity index (χ2v) is 13.9. The molecule has 25 heavy (non-hydrogen) atoms. The van der Waals surface area contributed by atoms with Crippen molar-refractivity contribution in [2.24, 2.45) is 5.92 Å². The summed E-state index contributed by atoms with van der Waals surface area (Å²) in [5.41, 5.74) is 0. The minimum atomic E-state index is -1.90. The molecule has 0 aromatic heterocycles. The SMILES string of the molecule is C/C=C/C1OC([C@H]2COC(C)(C)O2)C=C(O[Si](C)(C)C(C)(C)C)C1C. The molecule has 2 rings (SSSR count). The van der Waals surface area contributed by atoms with Crippen molar-refractivity contribution in [3.8, 4) is 0 Å². The van der Waals surface area contributed by atoms with Gasteiger partial charge in [-0.15, -0.1) is 0 Å². The van der Waals surface area contributed by atoms with Gasteiger partial charge in [0.1, 0.15) is 12.2 Å². The topological polar surface area (TPSA) is 36.9 Å². The average molecular weight is 369 g/mol. The third-order valence-corrected chi connectivity index (χ3v) is 9.90. The van der Waals surface area contributed by atoms with Crippen molar-refractivity contribution in [1.82, 2.24) is 0 Å². The summed E-state index contributed by atoms with van der Waals surface area (Å²) >= 11 is 0. The maximum atomic E-state index is 6.66. The molecule has 0 spiro atoms. The molecule has 4 atom stereocenters. The maximum absolute atomic E-state index is 6.66. The summed E-state index contributed by atoms with van der Waals surface area (Å²) in [7, 11) is -1.90. The van der Waals surface area contributed by atoms with Crippen LogP contribution in [0.5, 0.6) is 0 Å². The average Bonchev–Trinajstić information content (AvgIpc) is 2.82. The van der Waals surface area contributed by atoms with Crippen LogP contribution in [-0.2, 0) is 18.6 Å². The highest BCUT2D eigenvalue weighted by Gasteiger charge is 2.44. The van der Waals surface area contributed by atoms with Crippen LogP contribution in [0.15, 0.2) is 24.0 Å². The summed E-state index contributed by atoms with van der Waals surface area (Å²) in [6, 6.07) is 0. The van der Waals surface area contributed by atoms with Crippen molar-refractivity contribution in [2.75, 3.05) is 6.61 Å². The first-order valence-electron chi connectivity index (χ1n) is 9.37. The maximum Gasteiger partial charge on any atom is 0.250 e. The van der Waals surface area contributed by atoms with Crippen LogP contribution >= 0.6 is 0 Å². The second kappa shape index (κ2) is 7.18. The molecule has 1 fully saturated rings. The lowest BCUT2D eigenvalue weighted by Crippen LogP contribution is -2.45. The molecule has 1 saturated heterocycles. The molecular formula is C20H36O4Si. The van der Waals surface area contributed by atoms with Crippen LogP contribution in [0.1, 0.15) is 48.5 Å². The minimum Gasteiger partial charge on any atom is -0.546 e. The van der Waals surface area contributed by atoms with Gasteiger partial charge in [0.05, 0.1) is 18.5 Å². The summed E-state index contributed by atoms with van der Waals surface area (Å²) in [6.45, 7) is 20.0. The number of hydrogen-bond donors (Lipinski definition) is 0. The molecule has 3 unspecified atom stereocenters. The van der Waals surface area contributed by atoms with E-state index in [0.29, 0.717) is 6.61 Å². The van der Waals surface area contributed by atoms with Crippen LogP contribution in [-0.4, -0.2) is 39.0 Å². The molecule has 2 aliphatic rings. The molecule has 0 saturated carbocycles. The lowest BCUT2D eigenvalue weighted by Gasteiger charge is -2.42. The molecule has 4 nitrogen and oxygen atoms in total. The van der Waals surface area contributed by atoms with E-state index < -0.39 is 14.1 Å². The van der Waals surface area contributed by atoms with E-state index >= 15 is 0 Å². The predicted molar refractivity (Wildman–Crippen MR) is 104 cm³/mol. The molecule has 0 aromatic rings. The number of allylic oxidation sites excluding steroid dienone is 1. The normalized spacial score (nSPS) is 33.6. The first kappa shape index (κ1) is 20.7. The third kappa shape index (κ3) is 4.76. The van der Waals surface area contributed by atoms with Crippen molar-refractivity contribution in [3.05, 3.63) is 24.0 Å². The van der Waals surface area contributed by atoms with Crippen LogP contribution in [0.4, 0.5) is 0 Å². The van der Waals surface area contributed by atoms with Crippen LogP contribution in [0, 0.1) is 5.92 Å². The van der Waals surface area contributed by atoms with Gasteiger partial charge in [-0.25, -0.2) is 0 Å². The first-order valence-corrected chi connectivity index (χ1v) is 12.3. The zero-order chi connectivity index (χ0) is 19.0. The van der Waals surface area contributed by atoms with Crippen molar-refractivity contribution < 1.29 is 18.6 Å². The fraction of sp³-hybridized carbons (Fsp3) is 0.800. The van der Waals surface area contributed by atoms with Crippen molar-refractivity contribution in [2.45, 2.75) is 90.7 Å². The first-order chi connectivity index (χ1) is 11.4. The van der Waals surface area contributed by atoms with Gasteiger partial charge in [0.2, 0.25) is 8.32 Å². The van der Waals surface area contributed by atoms with E-state index in [2.05, 4.69) is 52.9 Å². The second-order valence-electron chi connectivity index (χ2n) is 9.18. The van der Waals surface area contributed by atoms with Gasteiger partial charge in [-0.1, -0.05) is 39.8 Å². The Hall–Kier alpha value is -0.623. The molecule has 0 aliphatic carbocycles. The smallest absolute Gasteiger partial charge is 0.250 e. The van der Waals surface area contributed by atoms with Gasteiger partial charge in [0.25, 0.3) is 0 Å². The Kier molecular flexibility index (Phi) is 5.94. The van der Waals surface area contributed by atoms with Gasteiger partial charge < -0.3 is 18.6 Å². The summed E-state index contributed by atoms with van der Waals surface area (Å²) in [5.74, 6) is 0.678. The Morgan fingerprint density at radius 3 is 2.40 bits per heavy atom. The van der Waals surface area contributed by atoms with Gasteiger partial charge in [0.15, 0.2) is 5.79 Å². The Bertz CT molecular complexity index is 530. The molecule has 5 heteroatoms. The third-order valence-electron chi connectivity index (χ3n) is 5.54. The van der Waals surface area contributed by atoms with E-state index in [1.165, 1.54) is 0 Å². The fourth-order valence-corrected chi connectivity index (χ4v) is 4.01. The highest BCUT2D eigenvalue weighted by molar-refractivity contribution is 6.74. The van der Waals surface area contributed by atoms with Crippen molar-refractivity contribution >= 4 is 8.32 Å². The molecular weight excluding hydrogens is 332 g/mol. The molecule has 0 N–H and O–H groups in total. The van der Waals surface area contributed by atoms with E-state index in [-0.39, 0.29) is 29.3 Å². The zero-order valence-corrected chi connectivity index (χ0v) is 18.4. The monoisotopic (exact) mass is 368 g/mol. The number of hydrogen-bond acceptors (Lipinski definition) is 4. The van der Waals surface area contributed by atoms with Gasteiger partial charge in [-0.2, -0.15) is 0 Å². The van der Waals surface area contributed by atoms with Crippen LogP contribution < -0.4 is 0 Å². The molecule has 0 radical (unpaired) electrons. The largest absolute Gasteiger partial charge is 0.546 e. The van der Waals surface area contributed by atoms with E-state index in [1.807, 2.05) is 26.8 Å². The van der Waals surface area contributed by atoms with Gasteiger partial charge in [0, 0.05) is 5.92 Å². The summed E-state index contributed by atoms with van der Waals surface area (Å²) in [4.78, 5) is 0. The lowest BCUT2D eigenvalue weighted by atomic mass is 9.96. The highest BCUT2D eigenvalue weighted by atomic mass is 28.4. The molecule has 144 valence electrons. The zero-order valence-electron chi connectivity index (χ0n) is 17.4. The lowest BCUT2D eigenvalue weighted by molar-refractivity contribution is -0.158. The number of rotatable bonds is 4. The standard InChI is InChI=1S/C20H36O4Si/c1-10-11-15-14(2)16(24-25(8,9)19(3,4)5)12-17(22-15)18-13-21-20(6,7)23-18/h10-12,14-15,17-18H,13H2,1-9H3/b11-10+/t14?,15?,17?,18-/m1/s1. The van der Waals surface area contributed by atoms with Crippen LogP contribution in [0.3, 0.4) is 0 Å². The van der Waals surface area contributed by atoms with Crippen LogP contribution in [0.2, 0.25) is 18.1 Å². The van der Waals surface area contributed by atoms with E-state index in [4.69, 9.17) is 18.6 Å². The van der Waals surface area contributed by atoms with Gasteiger partial charge in [-0.3, -0.25) is 0 Å². The van der Waals surface area contributed by atoms with E-state index in [9.17, 15) is 0 Å². The summed E-state index contributed by atoms with van der Waals surface area (Å²) < 4.78 is 24.8. The summed E-state index contributed by atoms with van der Waals surface area (Å²) in [6.07, 6.45) is 6.02. The fourth-order valence-electron chi connectivity index (χ4n) is 2.86. The Morgan fingerprint density at radius 1 is 1.28 bits per heavy atom.